The summed E-state index contributed by atoms with van der Waals surface area (Å²) < 4.78 is 49.2. The molecule has 4 rings (SSSR count). The average Bonchev–Trinajstić information content (AvgIpc) is 2.77. The number of carbonyl (C=O) groups is 2. The number of carbonyl (C=O) groups excluding carboxylic acids is 2. The van der Waals surface area contributed by atoms with Gasteiger partial charge in [-0.3, -0.25) is 10.1 Å². The van der Waals surface area contributed by atoms with E-state index in [0.29, 0.717) is 43.0 Å². The summed E-state index contributed by atoms with van der Waals surface area (Å²) in [5.74, 6) is -2.58. The monoisotopic (exact) mass is 448 g/mol. The molecule has 0 bridgehead atoms. The molecular weight excluding hydrogens is 425 g/mol. The van der Waals surface area contributed by atoms with Crippen molar-refractivity contribution in [2.75, 3.05) is 18.1 Å². The number of rotatable bonds is 4. The van der Waals surface area contributed by atoms with Crippen molar-refractivity contribution in [2.45, 2.75) is 44.6 Å². The van der Waals surface area contributed by atoms with Crippen LogP contribution in [0.1, 0.15) is 35.6 Å². The highest BCUT2D eigenvalue weighted by molar-refractivity contribution is 5.98. The van der Waals surface area contributed by atoms with Crippen molar-refractivity contribution >= 4 is 17.6 Å². The third kappa shape index (κ3) is 4.57. The van der Waals surface area contributed by atoms with Crippen LogP contribution in [-0.2, 0) is 20.7 Å². The van der Waals surface area contributed by atoms with E-state index in [-0.39, 0.29) is 0 Å². The fourth-order valence-corrected chi connectivity index (χ4v) is 4.12. The number of alkyl halides is 3. The highest BCUT2D eigenvalue weighted by Gasteiger charge is 2.45. The van der Waals surface area contributed by atoms with E-state index in [2.05, 4.69) is 10.1 Å². The second-order valence-electron chi connectivity index (χ2n) is 7.90. The maximum Gasteiger partial charge on any atom is 0.490 e. The topological polar surface area (TPSA) is 67.9 Å². The molecule has 2 heterocycles. The number of amides is 1. The van der Waals surface area contributed by atoms with Gasteiger partial charge in [-0.05, 0) is 37.5 Å². The molecule has 1 unspecified atom stereocenters. The number of esters is 1. The molecule has 1 amide bonds. The van der Waals surface area contributed by atoms with Crippen molar-refractivity contribution in [3.05, 3.63) is 59.2 Å². The largest absolute Gasteiger partial charge is 0.493 e. The second kappa shape index (κ2) is 8.82. The van der Waals surface area contributed by atoms with Gasteiger partial charge in [-0.2, -0.15) is 13.2 Å². The fraction of sp³-hybridized carbons (Fsp3) is 0.391. The molecule has 0 fully saturated rings. The van der Waals surface area contributed by atoms with E-state index in [1.807, 2.05) is 19.1 Å². The van der Waals surface area contributed by atoms with E-state index in [0.717, 1.165) is 17.5 Å². The van der Waals surface area contributed by atoms with E-state index in [1.165, 1.54) is 4.90 Å². The number of anilines is 1. The Morgan fingerprint density at radius 2 is 2.00 bits per heavy atom. The van der Waals surface area contributed by atoms with Crippen LogP contribution in [0.25, 0.3) is 0 Å². The average molecular weight is 448 g/mol. The van der Waals surface area contributed by atoms with Crippen molar-refractivity contribution in [3.63, 3.8) is 0 Å². The first-order valence-corrected chi connectivity index (χ1v) is 10.4. The summed E-state index contributed by atoms with van der Waals surface area (Å²) in [6.07, 6.45) is -5.20. The highest BCUT2D eigenvalue weighted by Crippen LogP contribution is 2.33. The molecule has 170 valence electrons. The van der Waals surface area contributed by atoms with E-state index < -0.39 is 30.3 Å². The minimum atomic E-state index is -5.22. The summed E-state index contributed by atoms with van der Waals surface area (Å²) in [6.45, 7) is 2.56. The molecule has 0 saturated carbocycles. The zero-order valence-electron chi connectivity index (χ0n) is 17.4. The van der Waals surface area contributed by atoms with Crippen molar-refractivity contribution in [1.82, 2.24) is 5.32 Å². The van der Waals surface area contributed by atoms with E-state index in [9.17, 15) is 22.8 Å². The molecule has 2 atom stereocenters. The number of nitrogens with one attached hydrogen (secondary N) is 1. The SMILES string of the molecule is Cc1ccc2c(c1)CCCN2C(=O)C(N[C@H]1CCOc2ccccc21)OC(=O)C(F)(F)F. The predicted molar refractivity (Wildman–Crippen MR) is 110 cm³/mol. The first-order chi connectivity index (χ1) is 15.2. The van der Waals surface area contributed by atoms with Gasteiger partial charge in [0.05, 0.1) is 6.61 Å². The molecule has 2 aliphatic heterocycles. The Bertz CT molecular complexity index is 1020. The third-order valence-corrected chi connectivity index (χ3v) is 5.61. The molecule has 2 aliphatic rings. The summed E-state index contributed by atoms with van der Waals surface area (Å²) >= 11 is 0. The van der Waals surface area contributed by atoms with Crippen molar-refractivity contribution in [2.24, 2.45) is 0 Å². The lowest BCUT2D eigenvalue weighted by atomic mass is 9.98. The summed E-state index contributed by atoms with van der Waals surface area (Å²) in [5, 5.41) is 2.84. The van der Waals surface area contributed by atoms with Gasteiger partial charge in [0, 0.05) is 30.3 Å². The van der Waals surface area contributed by atoms with Gasteiger partial charge in [0.15, 0.2) is 0 Å². The number of hydrogen-bond donors (Lipinski definition) is 1. The molecule has 6 nitrogen and oxygen atoms in total. The Morgan fingerprint density at radius 1 is 1.22 bits per heavy atom. The van der Waals surface area contributed by atoms with Gasteiger partial charge in [0.25, 0.3) is 5.91 Å². The molecule has 0 saturated heterocycles. The first kappa shape index (κ1) is 22.1. The Labute approximate surface area is 183 Å². The number of para-hydroxylation sites is 1. The van der Waals surface area contributed by atoms with Gasteiger partial charge in [-0.15, -0.1) is 0 Å². The van der Waals surface area contributed by atoms with Gasteiger partial charge in [0.1, 0.15) is 5.75 Å². The maximum absolute atomic E-state index is 13.4. The quantitative estimate of drug-likeness (QED) is 0.569. The molecule has 0 radical (unpaired) electrons. The van der Waals surface area contributed by atoms with Crippen LogP contribution in [0.4, 0.5) is 18.9 Å². The summed E-state index contributed by atoms with van der Waals surface area (Å²) in [6, 6.07) is 12.1. The number of aryl methyl sites for hydroxylation is 2. The van der Waals surface area contributed by atoms with Gasteiger partial charge in [-0.25, -0.2) is 4.79 Å². The molecule has 32 heavy (non-hydrogen) atoms. The van der Waals surface area contributed by atoms with Gasteiger partial charge in [-0.1, -0.05) is 35.9 Å². The first-order valence-electron chi connectivity index (χ1n) is 10.4. The van der Waals surface area contributed by atoms with Crippen LogP contribution in [0.3, 0.4) is 0 Å². The molecule has 2 aromatic carbocycles. The molecular formula is C23H23F3N2O4. The van der Waals surface area contributed by atoms with Crippen molar-refractivity contribution < 1.29 is 32.2 Å². The number of halogens is 3. The molecule has 2 aromatic rings. The molecule has 0 aromatic heterocycles. The second-order valence-corrected chi connectivity index (χ2v) is 7.90. The van der Waals surface area contributed by atoms with Crippen LogP contribution in [0.15, 0.2) is 42.5 Å². The summed E-state index contributed by atoms with van der Waals surface area (Å²) in [5.41, 5.74) is 3.26. The van der Waals surface area contributed by atoms with E-state index >= 15 is 0 Å². The normalized spacial score (nSPS) is 18.8. The third-order valence-electron chi connectivity index (χ3n) is 5.61. The standard InChI is InChI=1S/C23H23F3N2O4/c1-14-8-9-18-15(13-14)5-4-11-28(18)21(29)20(32-22(30)23(24,25)26)27-17-10-12-31-19-7-3-2-6-16(17)19/h2-3,6-9,13,17,20,27H,4-5,10-12H2,1H3/t17-,20?/m0/s1. The molecule has 9 heteroatoms. The van der Waals surface area contributed by atoms with E-state index in [1.54, 1.807) is 30.3 Å². The number of fused-ring (bicyclic) bond motifs is 2. The number of nitrogens with zero attached hydrogens (tertiary/aromatic N) is 1. The molecule has 0 spiro atoms. The van der Waals surface area contributed by atoms with Crippen LogP contribution in [0, 0.1) is 6.92 Å². The maximum atomic E-state index is 13.4. The fourth-order valence-electron chi connectivity index (χ4n) is 4.12. The van der Waals surface area contributed by atoms with Crippen LogP contribution in [0.5, 0.6) is 5.75 Å². The van der Waals surface area contributed by atoms with E-state index in [4.69, 9.17) is 4.74 Å². The van der Waals surface area contributed by atoms with Crippen LogP contribution < -0.4 is 15.0 Å². The van der Waals surface area contributed by atoms with Crippen LogP contribution in [-0.4, -0.2) is 37.4 Å². The van der Waals surface area contributed by atoms with Gasteiger partial charge >= 0.3 is 12.1 Å². The predicted octanol–water partition coefficient (Wildman–Crippen LogP) is 3.82. The smallest absolute Gasteiger partial charge is 0.490 e. The Hall–Kier alpha value is -3.07. The van der Waals surface area contributed by atoms with Gasteiger partial charge in [0.2, 0.25) is 6.23 Å². The lowest BCUT2D eigenvalue weighted by Gasteiger charge is -2.35. The lowest BCUT2D eigenvalue weighted by Crippen LogP contribution is -2.53. The zero-order chi connectivity index (χ0) is 22.9. The minimum absolute atomic E-state index is 0.314. The minimum Gasteiger partial charge on any atom is -0.493 e. The van der Waals surface area contributed by atoms with Crippen LogP contribution in [0.2, 0.25) is 0 Å². The Kier molecular flexibility index (Phi) is 6.10. The Morgan fingerprint density at radius 3 is 2.78 bits per heavy atom. The number of benzene rings is 2. The summed E-state index contributed by atoms with van der Waals surface area (Å²) in [4.78, 5) is 26.4. The lowest BCUT2D eigenvalue weighted by molar-refractivity contribution is -0.206. The highest BCUT2D eigenvalue weighted by atomic mass is 19.4. The number of ether oxygens (including phenoxy) is 2. The molecule has 1 N–H and O–H groups in total. The number of hydrogen-bond acceptors (Lipinski definition) is 5. The zero-order valence-corrected chi connectivity index (χ0v) is 17.4. The van der Waals surface area contributed by atoms with Crippen molar-refractivity contribution in [3.8, 4) is 5.75 Å². The van der Waals surface area contributed by atoms with Gasteiger partial charge < -0.3 is 14.4 Å². The Balaban J connectivity index is 1.63. The van der Waals surface area contributed by atoms with Crippen LogP contribution >= 0.6 is 0 Å². The van der Waals surface area contributed by atoms with Crippen molar-refractivity contribution in [1.29, 1.82) is 0 Å². The summed E-state index contributed by atoms with van der Waals surface area (Å²) in [7, 11) is 0. The molecule has 0 aliphatic carbocycles.